The Kier molecular flexibility index (Phi) is 5.09. The van der Waals surface area contributed by atoms with Crippen molar-refractivity contribution in [2.24, 2.45) is 0 Å². The monoisotopic (exact) mass is 349 g/mol. The molecule has 0 atom stereocenters. The number of hydrogen-bond acceptors (Lipinski definition) is 7. The number of thioether (sulfide) groups is 1. The van der Waals surface area contributed by atoms with Crippen LogP contribution < -0.4 is 5.32 Å². The molecule has 3 aromatic rings. The molecule has 3 rings (SSSR count). The van der Waals surface area contributed by atoms with Gasteiger partial charge in [0.2, 0.25) is 11.1 Å². The van der Waals surface area contributed by atoms with Crippen molar-refractivity contribution >= 4 is 29.0 Å². The van der Waals surface area contributed by atoms with E-state index in [1.807, 2.05) is 5.38 Å². The molecule has 2 N–H and O–H groups in total. The van der Waals surface area contributed by atoms with Gasteiger partial charge in [-0.25, -0.2) is 4.98 Å². The van der Waals surface area contributed by atoms with Crippen molar-refractivity contribution < 1.29 is 9.21 Å². The second-order valence-corrected chi connectivity index (χ2v) is 6.48. The lowest BCUT2D eigenvalue weighted by molar-refractivity contribution is -0.118. The van der Waals surface area contributed by atoms with Gasteiger partial charge in [-0.1, -0.05) is 18.7 Å². The highest BCUT2D eigenvalue weighted by molar-refractivity contribution is 7.99. The molecule has 1 amide bonds. The van der Waals surface area contributed by atoms with Crippen molar-refractivity contribution in [1.82, 2.24) is 25.5 Å². The number of rotatable bonds is 7. The van der Waals surface area contributed by atoms with Crippen LogP contribution in [-0.2, 0) is 17.8 Å². The highest BCUT2D eigenvalue weighted by atomic mass is 32.2. The van der Waals surface area contributed by atoms with Crippen molar-refractivity contribution in [1.29, 1.82) is 0 Å². The summed E-state index contributed by atoms with van der Waals surface area (Å²) in [7, 11) is 0. The molecule has 0 radical (unpaired) electrons. The summed E-state index contributed by atoms with van der Waals surface area (Å²) in [5.74, 6) is 1.34. The first kappa shape index (κ1) is 15.8. The lowest BCUT2D eigenvalue weighted by Gasteiger charge is -2.01. The molecular weight excluding hydrogens is 334 g/mol. The molecule has 0 aromatic carbocycles. The van der Waals surface area contributed by atoms with E-state index in [4.69, 9.17) is 4.42 Å². The number of H-pyrrole nitrogens is 1. The number of nitrogens with one attached hydrogen (secondary N) is 2. The van der Waals surface area contributed by atoms with Crippen LogP contribution in [0.25, 0.3) is 11.6 Å². The molecule has 0 saturated heterocycles. The fourth-order valence-electron chi connectivity index (χ4n) is 1.80. The third-order valence-electron chi connectivity index (χ3n) is 2.92. The van der Waals surface area contributed by atoms with Crippen molar-refractivity contribution in [2.45, 2.75) is 25.0 Å². The molecule has 3 aromatic heterocycles. The summed E-state index contributed by atoms with van der Waals surface area (Å²) >= 11 is 2.88. The molecule has 0 aliphatic rings. The summed E-state index contributed by atoms with van der Waals surface area (Å²) in [5, 5.41) is 13.2. The molecule has 0 aliphatic heterocycles. The van der Waals surface area contributed by atoms with Gasteiger partial charge in [-0.2, -0.15) is 4.98 Å². The molecule has 3 heterocycles. The number of hydrogen-bond donors (Lipinski definition) is 2. The first-order valence-electron chi connectivity index (χ1n) is 7.03. The highest BCUT2D eigenvalue weighted by Gasteiger charge is 2.10. The van der Waals surface area contributed by atoms with E-state index < -0.39 is 0 Å². The first-order chi connectivity index (χ1) is 11.2. The van der Waals surface area contributed by atoms with Crippen molar-refractivity contribution in [3.8, 4) is 11.6 Å². The van der Waals surface area contributed by atoms with Gasteiger partial charge in [-0.15, -0.1) is 16.4 Å². The fraction of sp³-hybridized carbons (Fsp3) is 0.286. The van der Waals surface area contributed by atoms with Gasteiger partial charge >= 0.3 is 0 Å². The Hall–Kier alpha value is -2.13. The maximum atomic E-state index is 11.9. The van der Waals surface area contributed by atoms with Crippen molar-refractivity contribution in [2.75, 3.05) is 5.75 Å². The van der Waals surface area contributed by atoms with Gasteiger partial charge < -0.3 is 9.73 Å². The topological polar surface area (TPSA) is 96.7 Å². The number of aromatic amines is 1. The van der Waals surface area contributed by atoms with Crippen LogP contribution in [0.2, 0.25) is 0 Å². The number of carbonyl (C=O) groups excluding carboxylic acids is 1. The van der Waals surface area contributed by atoms with E-state index >= 15 is 0 Å². The van der Waals surface area contributed by atoms with Crippen LogP contribution in [0.4, 0.5) is 0 Å². The van der Waals surface area contributed by atoms with Gasteiger partial charge in [0.1, 0.15) is 0 Å². The zero-order valence-electron chi connectivity index (χ0n) is 12.4. The minimum absolute atomic E-state index is 0.0783. The van der Waals surface area contributed by atoms with Crippen LogP contribution in [0.3, 0.4) is 0 Å². The van der Waals surface area contributed by atoms with E-state index in [2.05, 4.69) is 32.4 Å². The molecule has 0 aliphatic carbocycles. The fourth-order valence-corrected chi connectivity index (χ4v) is 3.17. The number of aryl methyl sites for hydroxylation is 1. The van der Waals surface area contributed by atoms with E-state index in [-0.39, 0.29) is 11.7 Å². The molecule has 0 bridgehead atoms. The van der Waals surface area contributed by atoms with E-state index in [1.165, 1.54) is 11.8 Å². The van der Waals surface area contributed by atoms with E-state index in [0.29, 0.717) is 23.3 Å². The largest absolute Gasteiger partial charge is 0.461 e. The Bertz CT molecular complexity index is 766. The summed E-state index contributed by atoms with van der Waals surface area (Å²) < 4.78 is 5.23. The van der Waals surface area contributed by atoms with Gasteiger partial charge in [0, 0.05) is 5.38 Å². The van der Waals surface area contributed by atoms with Gasteiger partial charge in [0.05, 0.1) is 29.3 Å². The Labute approximate surface area is 140 Å². The van der Waals surface area contributed by atoms with Crippen molar-refractivity contribution in [3.63, 3.8) is 0 Å². The van der Waals surface area contributed by atoms with Gasteiger partial charge in [-0.3, -0.25) is 9.89 Å². The predicted octanol–water partition coefficient (Wildman–Crippen LogP) is 2.49. The van der Waals surface area contributed by atoms with Crippen LogP contribution in [0.1, 0.15) is 17.6 Å². The maximum absolute atomic E-state index is 11.9. The summed E-state index contributed by atoms with van der Waals surface area (Å²) in [4.78, 5) is 20.5. The summed E-state index contributed by atoms with van der Waals surface area (Å²) in [6, 6.07) is 3.57. The normalized spacial score (nSPS) is 10.8. The summed E-state index contributed by atoms with van der Waals surface area (Å²) in [5.41, 5.74) is 0.892. The standard InChI is InChI=1S/C14H15N5O2S2/c1-2-12-16-9(7-22-12)6-15-11(20)8-23-14-17-13(18-19-14)10-4-3-5-21-10/h3-5,7H,2,6,8H2,1H3,(H,15,20)(H,17,18,19). The lowest BCUT2D eigenvalue weighted by atomic mass is 10.4. The van der Waals surface area contributed by atoms with Crippen LogP contribution in [0, 0.1) is 0 Å². The van der Waals surface area contributed by atoms with E-state index in [1.54, 1.807) is 29.7 Å². The molecule has 0 spiro atoms. The Morgan fingerprint density at radius 1 is 1.48 bits per heavy atom. The van der Waals surface area contributed by atoms with Gasteiger partial charge in [0.25, 0.3) is 0 Å². The highest BCUT2D eigenvalue weighted by Crippen LogP contribution is 2.19. The van der Waals surface area contributed by atoms with Gasteiger partial charge in [0.15, 0.2) is 11.6 Å². The van der Waals surface area contributed by atoms with E-state index in [9.17, 15) is 4.79 Å². The lowest BCUT2D eigenvalue weighted by Crippen LogP contribution is -2.24. The third-order valence-corrected chi connectivity index (χ3v) is 4.81. The Morgan fingerprint density at radius 3 is 3.13 bits per heavy atom. The molecule has 7 nitrogen and oxygen atoms in total. The number of carbonyl (C=O) groups is 1. The second kappa shape index (κ2) is 7.42. The number of thiazole rings is 1. The zero-order valence-corrected chi connectivity index (χ0v) is 14.0. The first-order valence-corrected chi connectivity index (χ1v) is 8.90. The minimum Gasteiger partial charge on any atom is -0.461 e. The Balaban J connectivity index is 1.45. The number of nitrogens with zero attached hydrogens (tertiary/aromatic N) is 3. The smallest absolute Gasteiger partial charge is 0.230 e. The van der Waals surface area contributed by atoms with Crippen LogP contribution in [-0.4, -0.2) is 31.8 Å². The average molecular weight is 349 g/mol. The number of aromatic nitrogens is 4. The molecule has 0 fully saturated rings. The molecule has 0 unspecified atom stereocenters. The zero-order chi connectivity index (χ0) is 16.1. The quantitative estimate of drug-likeness (QED) is 0.636. The molecular formula is C14H15N5O2S2. The van der Waals surface area contributed by atoms with E-state index in [0.717, 1.165) is 17.1 Å². The number of furan rings is 1. The third kappa shape index (κ3) is 4.20. The van der Waals surface area contributed by atoms with Crippen molar-refractivity contribution in [3.05, 3.63) is 34.5 Å². The SMILES string of the molecule is CCc1nc(CNC(=O)CSc2n[nH]c(-c3ccco3)n2)cs1. The number of amides is 1. The molecule has 0 saturated carbocycles. The summed E-state index contributed by atoms with van der Waals surface area (Å²) in [6.07, 6.45) is 2.48. The molecule has 23 heavy (non-hydrogen) atoms. The molecule has 9 heteroatoms. The maximum Gasteiger partial charge on any atom is 0.230 e. The average Bonchev–Trinajstić information content (AvgIpc) is 3.31. The summed E-state index contributed by atoms with van der Waals surface area (Å²) in [6.45, 7) is 2.51. The molecule has 120 valence electrons. The van der Waals surface area contributed by atoms with Crippen LogP contribution >= 0.6 is 23.1 Å². The predicted molar refractivity (Wildman–Crippen MR) is 88.1 cm³/mol. The minimum atomic E-state index is -0.0783. The second-order valence-electron chi connectivity index (χ2n) is 4.60. The Morgan fingerprint density at radius 2 is 2.39 bits per heavy atom. The van der Waals surface area contributed by atoms with Crippen LogP contribution in [0.5, 0.6) is 0 Å². The van der Waals surface area contributed by atoms with Gasteiger partial charge in [-0.05, 0) is 18.6 Å². The van der Waals surface area contributed by atoms with Crippen LogP contribution in [0.15, 0.2) is 33.3 Å².